The van der Waals surface area contributed by atoms with Crippen molar-refractivity contribution in [1.29, 1.82) is 0 Å². The molecule has 128 valence electrons. The number of fused-ring (bicyclic) bond motifs is 2. The van der Waals surface area contributed by atoms with E-state index in [9.17, 15) is 13.5 Å². The summed E-state index contributed by atoms with van der Waals surface area (Å²) in [7, 11) is -1.83. The van der Waals surface area contributed by atoms with Gasteiger partial charge in [-0.1, -0.05) is 24.3 Å². The molecule has 6 nitrogen and oxygen atoms in total. The Bertz CT molecular complexity index is 656. The molecule has 1 aromatic carbocycles. The summed E-state index contributed by atoms with van der Waals surface area (Å²) in [5, 5.41) is 17.6. The van der Waals surface area contributed by atoms with Crippen LogP contribution in [-0.2, 0) is 15.4 Å². The standard InChI is InChI=1S/C16H25N3O3S/c1-17-23(21,22)11-10-19-14-12-4-2-3-5-13(12)16(15(14)20)6-8-18-9-7-16/h2-5,14-15,17-20H,6-11H2,1H3/t14-,15+/m1/s1. The highest BCUT2D eigenvalue weighted by atomic mass is 32.2. The molecule has 1 fully saturated rings. The van der Waals surface area contributed by atoms with Crippen molar-refractivity contribution in [3.63, 3.8) is 0 Å². The van der Waals surface area contributed by atoms with Crippen molar-refractivity contribution >= 4 is 10.0 Å². The quantitative estimate of drug-likeness (QED) is 0.600. The molecule has 0 aromatic heterocycles. The maximum atomic E-state index is 11.6. The van der Waals surface area contributed by atoms with E-state index in [1.54, 1.807) is 0 Å². The van der Waals surface area contributed by atoms with Gasteiger partial charge in [0.1, 0.15) is 0 Å². The average molecular weight is 339 g/mol. The fourth-order valence-electron chi connectivity index (χ4n) is 3.98. The summed E-state index contributed by atoms with van der Waals surface area (Å²) in [5.41, 5.74) is 2.09. The first-order valence-electron chi connectivity index (χ1n) is 8.13. The van der Waals surface area contributed by atoms with Crippen LogP contribution < -0.4 is 15.4 Å². The van der Waals surface area contributed by atoms with Crippen LogP contribution in [0.25, 0.3) is 0 Å². The minimum absolute atomic E-state index is 0.00342. The van der Waals surface area contributed by atoms with Crippen molar-refractivity contribution in [1.82, 2.24) is 15.4 Å². The molecular formula is C16H25N3O3S. The summed E-state index contributed by atoms with van der Waals surface area (Å²) in [6, 6.07) is 7.93. The SMILES string of the molecule is CNS(=O)(=O)CCN[C@@H]1c2ccccc2C2(CCNCC2)[C@H]1O. The topological polar surface area (TPSA) is 90.5 Å². The lowest BCUT2D eigenvalue weighted by atomic mass is 9.72. The van der Waals surface area contributed by atoms with E-state index in [0.717, 1.165) is 31.5 Å². The summed E-state index contributed by atoms with van der Waals surface area (Å²) < 4.78 is 25.5. The van der Waals surface area contributed by atoms with Gasteiger partial charge >= 0.3 is 0 Å². The molecule has 1 aromatic rings. The number of aliphatic hydroxyl groups excluding tert-OH is 1. The largest absolute Gasteiger partial charge is 0.390 e. The van der Waals surface area contributed by atoms with E-state index >= 15 is 0 Å². The molecule has 0 saturated carbocycles. The highest BCUT2D eigenvalue weighted by molar-refractivity contribution is 7.89. The molecule has 2 atom stereocenters. The van der Waals surface area contributed by atoms with Gasteiger partial charge in [-0.05, 0) is 44.1 Å². The third-order valence-electron chi connectivity index (χ3n) is 5.26. The van der Waals surface area contributed by atoms with Gasteiger partial charge in [0.25, 0.3) is 0 Å². The molecule has 2 aliphatic rings. The van der Waals surface area contributed by atoms with Crippen molar-refractivity contribution in [2.45, 2.75) is 30.4 Å². The summed E-state index contributed by atoms with van der Waals surface area (Å²) >= 11 is 0. The average Bonchev–Trinajstić information content (AvgIpc) is 2.79. The highest BCUT2D eigenvalue weighted by Gasteiger charge is 2.51. The van der Waals surface area contributed by atoms with Gasteiger partial charge in [0.15, 0.2) is 0 Å². The molecule has 0 bridgehead atoms. The van der Waals surface area contributed by atoms with Gasteiger partial charge in [-0.25, -0.2) is 13.1 Å². The fraction of sp³-hybridized carbons (Fsp3) is 0.625. The predicted octanol–water partition coefficient (Wildman–Crippen LogP) is -0.138. The Hall–Kier alpha value is -0.990. The molecule has 1 heterocycles. The first-order chi connectivity index (χ1) is 11.0. The van der Waals surface area contributed by atoms with Crippen LogP contribution in [0, 0.1) is 0 Å². The van der Waals surface area contributed by atoms with E-state index in [-0.39, 0.29) is 17.2 Å². The van der Waals surface area contributed by atoms with Gasteiger partial charge in [-0.2, -0.15) is 0 Å². The Morgan fingerprint density at radius 3 is 2.70 bits per heavy atom. The highest BCUT2D eigenvalue weighted by Crippen LogP contribution is 2.49. The first-order valence-corrected chi connectivity index (χ1v) is 9.78. The van der Waals surface area contributed by atoms with Gasteiger partial charge in [0.2, 0.25) is 10.0 Å². The number of hydrogen-bond donors (Lipinski definition) is 4. The molecule has 1 aliphatic carbocycles. The zero-order chi connectivity index (χ0) is 16.5. The van der Waals surface area contributed by atoms with Crippen molar-refractivity contribution in [2.75, 3.05) is 32.4 Å². The number of aliphatic hydroxyl groups is 1. The molecule has 4 N–H and O–H groups in total. The maximum Gasteiger partial charge on any atom is 0.212 e. The Labute approximate surface area is 137 Å². The van der Waals surface area contributed by atoms with E-state index in [1.807, 2.05) is 18.2 Å². The molecule has 0 amide bonds. The van der Waals surface area contributed by atoms with E-state index in [1.165, 1.54) is 12.6 Å². The lowest BCUT2D eigenvalue weighted by Gasteiger charge is -2.39. The van der Waals surface area contributed by atoms with Crippen LogP contribution in [0.3, 0.4) is 0 Å². The summed E-state index contributed by atoms with van der Waals surface area (Å²) in [5.74, 6) is 0.00342. The number of sulfonamides is 1. The Morgan fingerprint density at radius 1 is 1.30 bits per heavy atom. The van der Waals surface area contributed by atoms with Crippen LogP contribution in [0.1, 0.15) is 30.0 Å². The van der Waals surface area contributed by atoms with Crippen molar-refractivity contribution in [3.05, 3.63) is 35.4 Å². The number of benzene rings is 1. The molecule has 1 spiro atoms. The first kappa shape index (κ1) is 16.9. The maximum absolute atomic E-state index is 11.6. The third-order valence-corrected chi connectivity index (χ3v) is 6.62. The molecule has 1 aliphatic heterocycles. The van der Waals surface area contributed by atoms with Gasteiger partial charge in [-0.3, -0.25) is 0 Å². The number of hydrogen-bond acceptors (Lipinski definition) is 5. The molecular weight excluding hydrogens is 314 g/mol. The van der Waals surface area contributed by atoms with Gasteiger partial charge in [-0.15, -0.1) is 0 Å². The lowest BCUT2D eigenvalue weighted by Crippen LogP contribution is -2.48. The smallest absolute Gasteiger partial charge is 0.212 e. The van der Waals surface area contributed by atoms with Gasteiger partial charge in [0.05, 0.1) is 17.9 Å². The zero-order valence-corrected chi connectivity index (χ0v) is 14.2. The second kappa shape index (κ2) is 6.49. The molecule has 7 heteroatoms. The zero-order valence-electron chi connectivity index (χ0n) is 13.4. The van der Waals surface area contributed by atoms with Crippen LogP contribution in [0.4, 0.5) is 0 Å². The number of piperidine rings is 1. The van der Waals surface area contributed by atoms with Crippen LogP contribution >= 0.6 is 0 Å². The minimum Gasteiger partial charge on any atom is -0.390 e. The van der Waals surface area contributed by atoms with Crippen molar-refractivity contribution in [2.24, 2.45) is 0 Å². The van der Waals surface area contributed by atoms with Crippen LogP contribution in [0.5, 0.6) is 0 Å². The number of nitrogens with one attached hydrogen (secondary N) is 3. The van der Waals surface area contributed by atoms with Gasteiger partial charge in [0, 0.05) is 12.0 Å². The number of rotatable bonds is 5. The third kappa shape index (κ3) is 3.04. The van der Waals surface area contributed by atoms with Crippen LogP contribution in [0.2, 0.25) is 0 Å². The second-order valence-electron chi connectivity index (χ2n) is 6.39. The van der Waals surface area contributed by atoms with E-state index in [0.29, 0.717) is 6.54 Å². The monoisotopic (exact) mass is 339 g/mol. The van der Waals surface area contributed by atoms with Crippen molar-refractivity contribution < 1.29 is 13.5 Å². The van der Waals surface area contributed by atoms with Crippen LogP contribution in [-0.4, -0.2) is 52.1 Å². The van der Waals surface area contributed by atoms with Crippen LogP contribution in [0.15, 0.2) is 24.3 Å². The normalized spacial score (nSPS) is 26.3. The summed E-state index contributed by atoms with van der Waals surface area (Å²) in [6.45, 7) is 2.10. The molecule has 0 unspecified atom stereocenters. The molecule has 23 heavy (non-hydrogen) atoms. The summed E-state index contributed by atoms with van der Waals surface area (Å²) in [4.78, 5) is 0. The second-order valence-corrected chi connectivity index (χ2v) is 8.44. The summed E-state index contributed by atoms with van der Waals surface area (Å²) in [6.07, 6.45) is 1.27. The molecule has 0 radical (unpaired) electrons. The van der Waals surface area contributed by atoms with Crippen molar-refractivity contribution in [3.8, 4) is 0 Å². The lowest BCUT2D eigenvalue weighted by molar-refractivity contribution is 0.0449. The van der Waals surface area contributed by atoms with E-state index in [4.69, 9.17) is 0 Å². The minimum atomic E-state index is -3.24. The van der Waals surface area contributed by atoms with E-state index in [2.05, 4.69) is 21.4 Å². The van der Waals surface area contributed by atoms with Gasteiger partial charge < -0.3 is 15.7 Å². The fourth-order valence-corrected chi connectivity index (χ4v) is 4.57. The Balaban J connectivity index is 1.82. The molecule has 1 saturated heterocycles. The molecule has 3 rings (SSSR count). The predicted molar refractivity (Wildman–Crippen MR) is 89.8 cm³/mol. The Morgan fingerprint density at radius 2 is 2.00 bits per heavy atom. The Kier molecular flexibility index (Phi) is 4.75. The van der Waals surface area contributed by atoms with E-state index < -0.39 is 16.1 Å².